The lowest BCUT2D eigenvalue weighted by atomic mass is 9.95. The molecule has 0 radical (unpaired) electrons. The zero-order chi connectivity index (χ0) is 20.0. The first-order valence-corrected chi connectivity index (χ1v) is 9.44. The highest BCUT2D eigenvalue weighted by Crippen LogP contribution is 2.21. The summed E-state index contributed by atoms with van der Waals surface area (Å²) in [7, 11) is 0. The number of piperidine rings is 1. The lowest BCUT2D eigenvalue weighted by Gasteiger charge is -2.34. The van der Waals surface area contributed by atoms with Crippen LogP contribution in [0.15, 0.2) is 24.3 Å². The van der Waals surface area contributed by atoms with Crippen LogP contribution in [0, 0.1) is 11.7 Å². The summed E-state index contributed by atoms with van der Waals surface area (Å²) in [5.41, 5.74) is 0.410. The molecule has 3 amide bonds. The van der Waals surface area contributed by atoms with Crippen molar-refractivity contribution < 1.29 is 18.8 Å². The summed E-state index contributed by atoms with van der Waals surface area (Å²) in [5.74, 6) is -1.21. The maximum atomic E-state index is 13.1. The Morgan fingerprint density at radius 1 is 1.26 bits per heavy atom. The Balaban J connectivity index is 2.00. The number of likely N-dealkylation sites (N-methyl/N-ethyl adjacent to an activating group) is 1. The molecule has 27 heavy (non-hydrogen) atoms. The van der Waals surface area contributed by atoms with E-state index in [0.29, 0.717) is 31.6 Å². The van der Waals surface area contributed by atoms with Gasteiger partial charge in [-0.3, -0.25) is 14.4 Å². The third-order valence-electron chi connectivity index (χ3n) is 4.63. The summed E-state index contributed by atoms with van der Waals surface area (Å²) in [6.45, 7) is 6.93. The van der Waals surface area contributed by atoms with E-state index in [-0.39, 0.29) is 36.2 Å². The van der Waals surface area contributed by atoms with Crippen LogP contribution in [-0.4, -0.2) is 59.7 Å². The summed E-state index contributed by atoms with van der Waals surface area (Å²) >= 11 is 0. The normalized spacial score (nSPS) is 16.9. The number of benzene rings is 1. The molecule has 148 valence electrons. The average molecular weight is 377 g/mol. The molecule has 0 spiro atoms. The number of nitrogens with zero attached hydrogens (tertiary/aromatic N) is 2. The number of hydrogen-bond donors (Lipinski definition) is 1. The number of carbonyl (C=O) groups excluding carboxylic acids is 3. The molecule has 1 aliphatic rings. The first kappa shape index (κ1) is 20.9. The number of carbonyl (C=O) groups is 3. The maximum absolute atomic E-state index is 13.1. The summed E-state index contributed by atoms with van der Waals surface area (Å²) < 4.78 is 13.1. The number of rotatable bonds is 6. The van der Waals surface area contributed by atoms with Gasteiger partial charge >= 0.3 is 0 Å². The number of likely N-dealkylation sites (tertiary alicyclic amines) is 1. The van der Waals surface area contributed by atoms with Gasteiger partial charge in [0, 0.05) is 31.2 Å². The zero-order valence-electron chi connectivity index (χ0n) is 16.2. The van der Waals surface area contributed by atoms with Gasteiger partial charge in [0.15, 0.2) is 0 Å². The lowest BCUT2D eigenvalue weighted by Crippen LogP contribution is -2.49. The van der Waals surface area contributed by atoms with E-state index in [9.17, 15) is 18.8 Å². The molecular formula is C20H28FN3O3. The van der Waals surface area contributed by atoms with Crippen LogP contribution in [-0.2, 0) is 9.59 Å². The second-order valence-corrected chi connectivity index (χ2v) is 7.17. The summed E-state index contributed by atoms with van der Waals surface area (Å²) in [5, 5.41) is 2.79. The predicted molar refractivity (Wildman–Crippen MR) is 101 cm³/mol. The topological polar surface area (TPSA) is 69.7 Å². The molecule has 0 aliphatic carbocycles. The van der Waals surface area contributed by atoms with Crippen molar-refractivity contribution in [2.24, 2.45) is 5.92 Å². The highest BCUT2D eigenvalue weighted by Gasteiger charge is 2.31. The van der Waals surface area contributed by atoms with E-state index >= 15 is 0 Å². The van der Waals surface area contributed by atoms with Crippen LogP contribution in [0.25, 0.3) is 0 Å². The lowest BCUT2D eigenvalue weighted by molar-refractivity contribution is -0.140. The minimum atomic E-state index is -0.392. The molecule has 1 N–H and O–H groups in total. The van der Waals surface area contributed by atoms with Crippen molar-refractivity contribution in [3.8, 4) is 0 Å². The van der Waals surface area contributed by atoms with Gasteiger partial charge in [-0.05, 0) is 57.9 Å². The molecule has 1 heterocycles. The van der Waals surface area contributed by atoms with Crippen LogP contribution in [0.2, 0.25) is 0 Å². The monoisotopic (exact) mass is 377 g/mol. The molecule has 1 aromatic rings. The molecule has 1 atom stereocenters. The fourth-order valence-electron chi connectivity index (χ4n) is 3.28. The maximum Gasteiger partial charge on any atom is 0.253 e. The molecule has 1 unspecified atom stereocenters. The largest absolute Gasteiger partial charge is 0.352 e. The van der Waals surface area contributed by atoms with Crippen molar-refractivity contribution in [3.05, 3.63) is 35.6 Å². The van der Waals surface area contributed by atoms with Gasteiger partial charge < -0.3 is 15.1 Å². The molecule has 7 heteroatoms. The SMILES string of the molecule is CCN(CC(=O)NC(C)C)C(=O)C1CCCN(C(=O)c2ccc(F)cc2)C1. The van der Waals surface area contributed by atoms with Crippen LogP contribution in [0.5, 0.6) is 0 Å². The third-order valence-corrected chi connectivity index (χ3v) is 4.63. The number of nitrogens with one attached hydrogen (secondary N) is 1. The molecule has 0 bridgehead atoms. The molecule has 0 aromatic heterocycles. The van der Waals surface area contributed by atoms with Crippen molar-refractivity contribution in [2.45, 2.75) is 39.7 Å². The Hall–Kier alpha value is -2.44. The first-order chi connectivity index (χ1) is 12.8. The highest BCUT2D eigenvalue weighted by molar-refractivity contribution is 5.95. The Morgan fingerprint density at radius 2 is 1.93 bits per heavy atom. The quantitative estimate of drug-likeness (QED) is 0.825. The van der Waals surface area contributed by atoms with Crippen molar-refractivity contribution >= 4 is 17.7 Å². The molecular weight excluding hydrogens is 349 g/mol. The van der Waals surface area contributed by atoms with E-state index < -0.39 is 5.82 Å². The minimum absolute atomic E-state index is 0.0183. The fourth-order valence-corrected chi connectivity index (χ4v) is 3.28. The molecule has 1 fully saturated rings. The van der Waals surface area contributed by atoms with E-state index in [1.54, 1.807) is 4.90 Å². The molecule has 1 saturated heterocycles. The Labute approximate surface area is 159 Å². The Bertz CT molecular complexity index is 676. The number of amides is 3. The fraction of sp³-hybridized carbons (Fsp3) is 0.550. The Kier molecular flexibility index (Phi) is 7.33. The number of halogens is 1. The molecule has 2 rings (SSSR count). The minimum Gasteiger partial charge on any atom is -0.352 e. The molecule has 6 nitrogen and oxygen atoms in total. The van der Waals surface area contributed by atoms with Gasteiger partial charge in [0.2, 0.25) is 11.8 Å². The first-order valence-electron chi connectivity index (χ1n) is 9.44. The summed E-state index contributed by atoms with van der Waals surface area (Å²) in [6.07, 6.45) is 1.41. The molecule has 1 aliphatic heterocycles. The number of hydrogen-bond acceptors (Lipinski definition) is 3. The van der Waals surface area contributed by atoms with Crippen molar-refractivity contribution in [2.75, 3.05) is 26.2 Å². The summed E-state index contributed by atoms with van der Waals surface area (Å²) in [4.78, 5) is 40.7. The zero-order valence-corrected chi connectivity index (χ0v) is 16.2. The van der Waals surface area contributed by atoms with Crippen LogP contribution in [0.4, 0.5) is 4.39 Å². The smallest absolute Gasteiger partial charge is 0.253 e. The van der Waals surface area contributed by atoms with Crippen LogP contribution in [0.3, 0.4) is 0 Å². The van der Waals surface area contributed by atoms with Gasteiger partial charge in [-0.25, -0.2) is 4.39 Å². The van der Waals surface area contributed by atoms with Crippen molar-refractivity contribution in [3.63, 3.8) is 0 Å². The van der Waals surface area contributed by atoms with Crippen molar-refractivity contribution in [1.29, 1.82) is 0 Å². The van der Waals surface area contributed by atoms with Crippen LogP contribution < -0.4 is 5.32 Å². The average Bonchev–Trinajstić information content (AvgIpc) is 2.65. The van der Waals surface area contributed by atoms with Crippen LogP contribution >= 0.6 is 0 Å². The van der Waals surface area contributed by atoms with E-state index in [0.717, 1.165) is 6.42 Å². The second-order valence-electron chi connectivity index (χ2n) is 7.17. The van der Waals surface area contributed by atoms with E-state index in [2.05, 4.69) is 5.32 Å². The molecule has 0 saturated carbocycles. The van der Waals surface area contributed by atoms with Gasteiger partial charge in [0.05, 0.1) is 12.5 Å². The standard InChI is InChI=1S/C20H28FN3O3/c1-4-23(13-18(25)22-14(2)3)20(27)16-6-5-11-24(12-16)19(26)15-7-9-17(21)10-8-15/h7-10,14,16H,4-6,11-13H2,1-3H3,(H,22,25). The van der Waals surface area contributed by atoms with E-state index in [1.807, 2.05) is 20.8 Å². The van der Waals surface area contributed by atoms with Gasteiger partial charge in [0.1, 0.15) is 5.82 Å². The summed E-state index contributed by atoms with van der Waals surface area (Å²) in [6, 6.07) is 5.44. The van der Waals surface area contributed by atoms with E-state index in [4.69, 9.17) is 0 Å². The third kappa shape index (κ3) is 5.77. The van der Waals surface area contributed by atoms with Gasteiger partial charge in [-0.2, -0.15) is 0 Å². The van der Waals surface area contributed by atoms with Gasteiger partial charge in [-0.1, -0.05) is 0 Å². The van der Waals surface area contributed by atoms with E-state index in [1.165, 1.54) is 29.2 Å². The Morgan fingerprint density at radius 3 is 2.52 bits per heavy atom. The predicted octanol–water partition coefficient (Wildman–Crippen LogP) is 2.05. The van der Waals surface area contributed by atoms with Gasteiger partial charge in [-0.15, -0.1) is 0 Å². The molecule has 1 aromatic carbocycles. The van der Waals surface area contributed by atoms with Crippen molar-refractivity contribution in [1.82, 2.24) is 15.1 Å². The van der Waals surface area contributed by atoms with Gasteiger partial charge in [0.25, 0.3) is 5.91 Å². The second kappa shape index (κ2) is 9.48. The van der Waals surface area contributed by atoms with Crippen LogP contribution in [0.1, 0.15) is 44.0 Å². The highest BCUT2D eigenvalue weighted by atomic mass is 19.1.